The van der Waals surface area contributed by atoms with E-state index in [4.69, 9.17) is 0 Å². The number of carbonyl (C=O) groups excluding carboxylic acids is 1. The van der Waals surface area contributed by atoms with E-state index in [1.54, 1.807) is 0 Å². The Balaban J connectivity index is 2.06. The number of aliphatic imine (C=N–C) groups is 1. The molecular weight excluding hydrogens is 212 g/mol. The third-order valence-corrected chi connectivity index (χ3v) is 3.10. The SMILES string of the molecule is O=CC1C(c2ccccc2)N=Cc2cccn21. The summed E-state index contributed by atoms with van der Waals surface area (Å²) in [6.07, 6.45) is 4.73. The summed E-state index contributed by atoms with van der Waals surface area (Å²) in [5, 5.41) is 0. The number of rotatable bonds is 2. The topological polar surface area (TPSA) is 34.4 Å². The fourth-order valence-corrected chi connectivity index (χ4v) is 2.26. The molecule has 0 bridgehead atoms. The first kappa shape index (κ1) is 10.0. The Morgan fingerprint density at radius 3 is 2.71 bits per heavy atom. The van der Waals surface area contributed by atoms with Gasteiger partial charge in [-0.1, -0.05) is 30.3 Å². The van der Waals surface area contributed by atoms with E-state index >= 15 is 0 Å². The maximum atomic E-state index is 11.3. The van der Waals surface area contributed by atoms with Crippen molar-refractivity contribution in [2.45, 2.75) is 12.1 Å². The molecule has 3 nitrogen and oxygen atoms in total. The van der Waals surface area contributed by atoms with E-state index in [1.807, 2.05) is 59.4 Å². The highest BCUT2D eigenvalue weighted by Gasteiger charge is 2.27. The Morgan fingerprint density at radius 2 is 1.94 bits per heavy atom. The quantitative estimate of drug-likeness (QED) is 0.721. The molecule has 1 aromatic carbocycles. The fraction of sp³-hybridized carbons (Fsp3) is 0.143. The van der Waals surface area contributed by atoms with Crippen LogP contribution in [-0.4, -0.2) is 17.1 Å². The van der Waals surface area contributed by atoms with Crippen LogP contribution in [0.4, 0.5) is 0 Å². The van der Waals surface area contributed by atoms with Gasteiger partial charge in [0.2, 0.25) is 0 Å². The summed E-state index contributed by atoms with van der Waals surface area (Å²) in [4.78, 5) is 15.8. The molecule has 0 aliphatic carbocycles. The Kier molecular flexibility index (Phi) is 2.37. The van der Waals surface area contributed by atoms with E-state index in [2.05, 4.69) is 4.99 Å². The maximum absolute atomic E-state index is 11.3. The number of hydrogen-bond acceptors (Lipinski definition) is 2. The van der Waals surface area contributed by atoms with Gasteiger partial charge in [-0.05, 0) is 17.7 Å². The van der Waals surface area contributed by atoms with Crippen molar-refractivity contribution in [1.82, 2.24) is 4.57 Å². The van der Waals surface area contributed by atoms with Crippen molar-refractivity contribution in [3.8, 4) is 0 Å². The molecule has 0 saturated carbocycles. The molecule has 1 aliphatic rings. The molecule has 2 unspecified atom stereocenters. The van der Waals surface area contributed by atoms with Gasteiger partial charge >= 0.3 is 0 Å². The second-order valence-electron chi connectivity index (χ2n) is 4.10. The third-order valence-electron chi connectivity index (χ3n) is 3.10. The second-order valence-corrected chi connectivity index (χ2v) is 4.10. The van der Waals surface area contributed by atoms with Gasteiger partial charge in [0, 0.05) is 12.4 Å². The third kappa shape index (κ3) is 1.60. The minimum absolute atomic E-state index is 0.117. The molecule has 2 aromatic rings. The van der Waals surface area contributed by atoms with Crippen molar-refractivity contribution < 1.29 is 4.79 Å². The molecule has 3 heteroatoms. The average Bonchev–Trinajstić information content (AvgIpc) is 2.86. The van der Waals surface area contributed by atoms with Crippen molar-refractivity contribution in [3.63, 3.8) is 0 Å². The van der Waals surface area contributed by atoms with Crippen LogP contribution in [0.3, 0.4) is 0 Å². The molecule has 17 heavy (non-hydrogen) atoms. The van der Waals surface area contributed by atoms with Gasteiger partial charge in [-0.15, -0.1) is 0 Å². The minimum atomic E-state index is -0.243. The molecule has 1 aliphatic heterocycles. The summed E-state index contributed by atoms with van der Waals surface area (Å²) in [5.74, 6) is 0. The van der Waals surface area contributed by atoms with E-state index in [9.17, 15) is 4.79 Å². The van der Waals surface area contributed by atoms with Crippen LogP contribution in [0.2, 0.25) is 0 Å². The van der Waals surface area contributed by atoms with Gasteiger partial charge in [0.25, 0.3) is 0 Å². The summed E-state index contributed by atoms with van der Waals surface area (Å²) in [6, 6.07) is 13.5. The first-order valence-electron chi connectivity index (χ1n) is 5.60. The summed E-state index contributed by atoms with van der Waals surface area (Å²) in [6.45, 7) is 0. The van der Waals surface area contributed by atoms with Crippen LogP contribution in [0, 0.1) is 0 Å². The lowest BCUT2D eigenvalue weighted by molar-refractivity contribution is -0.111. The zero-order chi connectivity index (χ0) is 11.7. The number of fused-ring (bicyclic) bond motifs is 1. The molecule has 0 radical (unpaired) electrons. The van der Waals surface area contributed by atoms with Crippen LogP contribution in [0.1, 0.15) is 23.3 Å². The van der Waals surface area contributed by atoms with Gasteiger partial charge in [0.15, 0.2) is 0 Å². The lowest BCUT2D eigenvalue weighted by Gasteiger charge is -2.26. The molecule has 2 heterocycles. The van der Waals surface area contributed by atoms with Gasteiger partial charge in [-0.25, -0.2) is 0 Å². The zero-order valence-corrected chi connectivity index (χ0v) is 9.23. The molecule has 0 amide bonds. The van der Waals surface area contributed by atoms with Gasteiger partial charge in [-0.3, -0.25) is 4.99 Å². The Hall–Kier alpha value is -2.16. The van der Waals surface area contributed by atoms with Crippen LogP contribution in [0.5, 0.6) is 0 Å². The van der Waals surface area contributed by atoms with Crippen molar-refractivity contribution in [2.75, 3.05) is 0 Å². The molecule has 1 aromatic heterocycles. The maximum Gasteiger partial charge on any atom is 0.145 e. The van der Waals surface area contributed by atoms with Crippen molar-refractivity contribution in [1.29, 1.82) is 0 Å². The lowest BCUT2D eigenvalue weighted by atomic mass is 9.99. The van der Waals surface area contributed by atoms with Crippen molar-refractivity contribution in [2.24, 2.45) is 4.99 Å². The van der Waals surface area contributed by atoms with Crippen LogP contribution < -0.4 is 0 Å². The van der Waals surface area contributed by atoms with Gasteiger partial charge in [0.05, 0.1) is 5.69 Å². The summed E-state index contributed by atoms with van der Waals surface area (Å²) >= 11 is 0. The molecule has 0 saturated heterocycles. The molecular formula is C14H12N2O. The van der Waals surface area contributed by atoms with Crippen LogP contribution in [0.25, 0.3) is 0 Å². The number of hydrogen-bond donors (Lipinski definition) is 0. The average molecular weight is 224 g/mol. The standard InChI is InChI=1S/C14H12N2O/c17-10-13-14(11-5-2-1-3-6-11)15-9-12-7-4-8-16(12)13/h1-10,13-14H. The second kappa shape index (κ2) is 4.01. The predicted molar refractivity (Wildman–Crippen MR) is 66.3 cm³/mol. The van der Waals surface area contributed by atoms with Crippen LogP contribution >= 0.6 is 0 Å². The van der Waals surface area contributed by atoms with E-state index < -0.39 is 0 Å². The molecule has 0 spiro atoms. The first-order valence-corrected chi connectivity index (χ1v) is 5.60. The van der Waals surface area contributed by atoms with E-state index in [0.717, 1.165) is 17.5 Å². The zero-order valence-electron chi connectivity index (χ0n) is 9.23. The number of carbonyl (C=O) groups is 1. The van der Waals surface area contributed by atoms with Gasteiger partial charge in [-0.2, -0.15) is 0 Å². The Bertz CT molecular complexity index is 557. The molecule has 3 rings (SSSR count). The van der Waals surface area contributed by atoms with Crippen molar-refractivity contribution in [3.05, 3.63) is 59.9 Å². The van der Waals surface area contributed by atoms with E-state index in [0.29, 0.717) is 0 Å². The number of benzene rings is 1. The fourth-order valence-electron chi connectivity index (χ4n) is 2.26. The van der Waals surface area contributed by atoms with Crippen LogP contribution in [0.15, 0.2) is 53.7 Å². The predicted octanol–water partition coefficient (Wildman–Crippen LogP) is 2.40. The number of nitrogens with zero attached hydrogens (tertiary/aromatic N) is 2. The van der Waals surface area contributed by atoms with Crippen LogP contribution in [-0.2, 0) is 4.79 Å². The number of aromatic nitrogens is 1. The molecule has 84 valence electrons. The van der Waals surface area contributed by atoms with E-state index in [1.165, 1.54) is 0 Å². The van der Waals surface area contributed by atoms with E-state index in [-0.39, 0.29) is 12.1 Å². The molecule has 0 N–H and O–H groups in total. The molecule has 0 fully saturated rings. The lowest BCUT2D eigenvalue weighted by Crippen LogP contribution is -2.23. The highest BCUT2D eigenvalue weighted by molar-refractivity contribution is 5.80. The Labute approximate surface area is 99.4 Å². The highest BCUT2D eigenvalue weighted by Crippen LogP contribution is 2.32. The number of aldehydes is 1. The minimum Gasteiger partial charge on any atom is -0.334 e. The first-order chi connectivity index (χ1) is 8.40. The highest BCUT2D eigenvalue weighted by atomic mass is 16.1. The summed E-state index contributed by atoms with van der Waals surface area (Å²) in [7, 11) is 0. The Morgan fingerprint density at radius 1 is 1.12 bits per heavy atom. The molecule has 2 atom stereocenters. The summed E-state index contributed by atoms with van der Waals surface area (Å²) < 4.78 is 1.97. The van der Waals surface area contributed by atoms with Gasteiger partial charge < -0.3 is 9.36 Å². The largest absolute Gasteiger partial charge is 0.334 e. The normalized spacial score (nSPS) is 22.1. The van der Waals surface area contributed by atoms with Gasteiger partial charge in [0.1, 0.15) is 18.4 Å². The van der Waals surface area contributed by atoms with Crippen molar-refractivity contribution >= 4 is 12.5 Å². The summed E-state index contributed by atoms with van der Waals surface area (Å²) in [5.41, 5.74) is 2.05. The smallest absolute Gasteiger partial charge is 0.145 e. The monoisotopic (exact) mass is 224 g/mol.